The van der Waals surface area contributed by atoms with Gasteiger partial charge < -0.3 is 0 Å². The molecule has 1 N–H and O–H groups in total. The quantitative estimate of drug-likeness (QED) is 0.509. The number of hydrogen-bond donors (Lipinski definition) is 1. The molecule has 150 valence electrons. The van der Waals surface area contributed by atoms with Crippen LogP contribution in [0.25, 0.3) is 0 Å². The molecule has 0 saturated carbocycles. The van der Waals surface area contributed by atoms with E-state index in [9.17, 15) is 22.8 Å². The summed E-state index contributed by atoms with van der Waals surface area (Å²) in [6, 6.07) is 7.92. The number of alkyl carbamates (subject to hydrolysis) is 1. The number of hydrogen-bond acceptors (Lipinski definition) is 4. The Bertz CT molecular complexity index is 642. The molecule has 0 aliphatic rings. The fourth-order valence-electron chi connectivity index (χ4n) is 1.89. The predicted octanol–water partition coefficient (Wildman–Crippen LogP) is 3.40. The van der Waals surface area contributed by atoms with Gasteiger partial charge >= 0.3 is 162 Å². The van der Waals surface area contributed by atoms with Crippen molar-refractivity contribution >= 4 is 27.0 Å². The fraction of sp³-hybridized carbons (Fsp3) is 0.444. The maximum atomic E-state index is 12.3. The summed E-state index contributed by atoms with van der Waals surface area (Å²) < 4.78 is 46.4. The molecule has 1 atom stereocenters. The van der Waals surface area contributed by atoms with E-state index in [0.29, 0.717) is 0 Å². The molecule has 0 unspecified atom stereocenters. The Morgan fingerprint density at radius 2 is 1.81 bits per heavy atom. The average Bonchev–Trinajstić information content (AvgIpc) is 2.52. The van der Waals surface area contributed by atoms with E-state index in [0.717, 1.165) is 16.6 Å². The van der Waals surface area contributed by atoms with Crippen molar-refractivity contribution in [2.75, 3.05) is 6.61 Å². The molecule has 0 spiro atoms. The van der Waals surface area contributed by atoms with E-state index in [4.69, 9.17) is 9.47 Å². The number of ether oxygens (including phenoxy) is 2. The molecule has 1 amide bonds. The van der Waals surface area contributed by atoms with Crippen molar-refractivity contribution < 1.29 is 32.2 Å². The van der Waals surface area contributed by atoms with Crippen LogP contribution in [-0.4, -0.2) is 50.3 Å². The van der Waals surface area contributed by atoms with Gasteiger partial charge in [-0.3, -0.25) is 0 Å². The molecule has 0 aliphatic carbocycles. The van der Waals surface area contributed by atoms with Crippen molar-refractivity contribution in [1.29, 1.82) is 0 Å². The van der Waals surface area contributed by atoms with Gasteiger partial charge in [-0.15, -0.1) is 0 Å². The number of nitrogens with one attached hydrogen (secondary N) is 1. The van der Waals surface area contributed by atoms with Crippen LogP contribution in [0.1, 0.15) is 26.3 Å². The summed E-state index contributed by atoms with van der Waals surface area (Å²) >= 11 is -1.67. The first-order valence-electron chi connectivity index (χ1n) is 8.06. The number of esters is 1. The van der Waals surface area contributed by atoms with Gasteiger partial charge in [0.25, 0.3) is 0 Å². The molecular formula is C18H22F3NO4Se. The van der Waals surface area contributed by atoms with Gasteiger partial charge in [0.15, 0.2) is 0 Å². The third-order valence-electron chi connectivity index (χ3n) is 2.88. The molecule has 1 aromatic carbocycles. The molecule has 0 saturated heterocycles. The van der Waals surface area contributed by atoms with Crippen LogP contribution < -0.4 is 5.32 Å². The van der Waals surface area contributed by atoms with Gasteiger partial charge in [-0.05, 0) is 0 Å². The van der Waals surface area contributed by atoms with Crippen molar-refractivity contribution in [3.8, 4) is 0 Å². The summed E-state index contributed by atoms with van der Waals surface area (Å²) in [6.45, 7) is 4.75. The van der Waals surface area contributed by atoms with Crippen LogP contribution in [0.3, 0.4) is 0 Å². The van der Waals surface area contributed by atoms with Crippen molar-refractivity contribution in [1.82, 2.24) is 5.32 Å². The van der Waals surface area contributed by atoms with Crippen LogP contribution in [-0.2, 0) is 20.7 Å². The summed E-state index contributed by atoms with van der Waals surface area (Å²) in [5.41, 5.74) is 0.0414. The SMILES string of the molecule is CC(C)(C)OC(=O)N[C@@H](Cc1ccccc1)C(=O)OC/C=C/[Se]C(F)(F)F. The van der Waals surface area contributed by atoms with Gasteiger partial charge in [0, 0.05) is 0 Å². The molecule has 0 radical (unpaired) electrons. The molecule has 27 heavy (non-hydrogen) atoms. The molecule has 1 aromatic rings. The van der Waals surface area contributed by atoms with E-state index in [1.54, 1.807) is 45.0 Å². The minimum absolute atomic E-state index is 0.162. The summed E-state index contributed by atoms with van der Waals surface area (Å²) in [4.78, 5) is 25.2. The predicted molar refractivity (Wildman–Crippen MR) is 95.2 cm³/mol. The monoisotopic (exact) mass is 453 g/mol. The van der Waals surface area contributed by atoms with E-state index in [1.807, 2.05) is 6.07 Å². The Morgan fingerprint density at radius 1 is 1.19 bits per heavy atom. The second kappa shape index (κ2) is 10.4. The Balaban J connectivity index is 2.68. The first-order chi connectivity index (χ1) is 12.5. The van der Waals surface area contributed by atoms with E-state index >= 15 is 0 Å². The molecule has 0 fully saturated rings. The Morgan fingerprint density at radius 3 is 2.37 bits per heavy atom. The molecule has 5 nitrogen and oxygen atoms in total. The van der Waals surface area contributed by atoms with E-state index in [-0.39, 0.29) is 13.0 Å². The van der Waals surface area contributed by atoms with Crippen molar-refractivity contribution in [2.45, 2.75) is 43.9 Å². The second-order valence-electron chi connectivity index (χ2n) is 6.45. The zero-order valence-electron chi connectivity index (χ0n) is 15.2. The molecule has 0 bridgehead atoms. The van der Waals surface area contributed by atoms with Crippen LogP contribution in [0.15, 0.2) is 41.4 Å². The third-order valence-corrected chi connectivity index (χ3v) is 4.13. The third kappa shape index (κ3) is 11.4. The van der Waals surface area contributed by atoms with Crippen LogP contribution in [0.4, 0.5) is 18.0 Å². The van der Waals surface area contributed by atoms with Crippen molar-refractivity contribution in [3.63, 3.8) is 0 Å². The molecular weight excluding hydrogens is 430 g/mol. The van der Waals surface area contributed by atoms with Crippen LogP contribution >= 0.6 is 0 Å². The van der Waals surface area contributed by atoms with Gasteiger partial charge in [0.05, 0.1) is 0 Å². The fourth-order valence-corrected chi connectivity index (χ4v) is 2.58. The van der Waals surface area contributed by atoms with Crippen molar-refractivity contribution in [2.24, 2.45) is 0 Å². The average molecular weight is 452 g/mol. The minimum atomic E-state index is -4.25. The van der Waals surface area contributed by atoms with Gasteiger partial charge in [0.1, 0.15) is 0 Å². The zero-order chi connectivity index (χ0) is 20.5. The maximum absolute atomic E-state index is 12.3. The summed E-state index contributed by atoms with van der Waals surface area (Å²) in [5, 5.41) is -1.80. The normalized spacial score (nSPS) is 13.3. The Kier molecular flexibility index (Phi) is 8.85. The van der Waals surface area contributed by atoms with Crippen LogP contribution in [0.5, 0.6) is 0 Å². The second-order valence-corrected chi connectivity index (χ2v) is 8.49. The number of benzene rings is 1. The molecule has 0 heterocycles. The topological polar surface area (TPSA) is 64.6 Å². The molecule has 1 rings (SSSR count). The van der Waals surface area contributed by atoms with E-state index in [1.165, 1.54) is 0 Å². The van der Waals surface area contributed by atoms with Gasteiger partial charge in [-0.2, -0.15) is 0 Å². The first-order valence-corrected chi connectivity index (χ1v) is 9.90. The number of alkyl halides is 3. The van der Waals surface area contributed by atoms with Gasteiger partial charge in [0.2, 0.25) is 0 Å². The number of carbonyl (C=O) groups is 2. The Hall–Kier alpha value is -1.99. The van der Waals surface area contributed by atoms with Crippen LogP contribution in [0, 0.1) is 0 Å². The number of carbonyl (C=O) groups excluding carboxylic acids is 2. The number of amides is 1. The summed E-state index contributed by atoms with van der Waals surface area (Å²) in [5.74, 6) is -0.756. The Labute approximate surface area is 162 Å². The first kappa shape index (κ1) is 23.0. The van der Waals surface area contributed by atoms with Gasteiger partial charge in [-0.25, -0.2) is 0 Å². The van der Waals surface area contributed by atoms with E-state index < -0.39 is 43.7 Å². The van der Waals surface area contributed by atoms with Gasteiger partial charge in [-0.1, -0.05) is 0 Å². The van der Waals surface area contributed by atoms with Crippen LogP contribution in [0.2, 0.25) is 0 Å². The van der Waals surface area contributed by atoms with Crippen molar-refractivity contribution in [3.05, 3.63) is 46.9 Å². The summed E-state index contributed by atoms with van der Waals surface area (Å²) in [7, 11) is 0. The standard InChI is InChI=1S/C18H22F3NO4Se/c1-17(2,3)26-16(24)22-14(12-13-8-5-4-6-9-13)15(23)25-10-7-11-27-18(19,20)21/h4-9,11,14H,10,12H2,1-3H3,(H,22,24)/b11-7+/t14-/m0/s1. The molecule has 0 aromatic heterocycles. The number of halogens is 3. The summed E-state index contributed by atoms with van der Waals surface area (Å²) in [6.07, 6.45) is 0.518. The molecule has 0 aliphatic heterocycles. The zero-order valence-corrected chi connectivity index (χ0v) is 16.9. The molecule has 9 heteroatoms. The van der Waals surface area contributed by atoms with E-state index in [2.05, 4.69) is 5.32 Å². The number of rotatable bonds is 7.